The van der Waals surface area contributed by atoms with Crippen molar-refractivity contribution in [3.8, 4) is 5.88 Å². The number of aromatic nitrogens is 1. The summed E-state index contributed by atoms with van der Waals surface area (Å²) in [6.07, 6.45) is 1.85. The highest BCUT2D eigenvalue weighted by Crippen LogP contribution is 2.39. The predicted molar refractivity (Wildman–Crippen MR) is 88.5 cm³/mol. The van der Waals surface area contributed by atoms with Gasteiger partial charge in [0.25, 0.3) is 5.91 Å². The first kappa shape index (κ1) is 16.0. The number of carbonyl (C=O) groups excluding carboxylic acids is 1. The molecule has 1 aliphatic heterocycles. The number of ether oxygens (including phenoxy) is 1. The van der Waals surface area contributed by atoms with Crippen LogP contribution in [0.4, 0.5) is 5.69 Å². The lowest BCUT2D eigenvalue weighted by Gasteiger charge is -2.38. The fraction of sp³-hybridized carbons (Fsp3) is 0.278. The molecule has 1 aliphatic rings. The Morgan fingerprint density at radius 1 is 1.25 bits per heavy atom. The summed E-state index contributed by atoms with van der Waals surface area (Å²) in [5.74, 6) is -1.24. The van der Waals surface area contributed by atoms with Crippen molar-refractivity contribution in [2.75, 3.05) is 12.0 Å². The maximum atomic E-state index is 12.9. The molecular weight excluding hydrogens is 308 g/mol. The summed E-state index contributed by atoms with van der Waals surface area (Å²) >= 11 is 0. The van der Waals surface area contributed by atoms with Crippen LogP contribution in [-0.2, 0) is 4.79 Å². The zero-order valence-corrected chi connectivity index (χ0v) is 13.5. The Balaban J connectivity index is 2.01. The van der Waals surface area contributed by atoms with Crippen molar-refractivity contribution in [1.82, 2.24) is 4.98 Å². The zero-order valence-electron chi connectivity index (χ0n) is 13.5. The molecule has 0 saturated heterocycles. The molecule has 2 heterocycles. The van der Waals surface area contributed by atoms with Crippen LogP contribution in [0.25, 0.3) is 0 Å². The third-order valence-corrected chi connectivity index (χ3v) is 4.30. The van der Waals surface area contributed by atoms with Gasteiger partial charge in [-0.25, -0.2) is 4.98 Å². The number of amides is 1. The van der Waals surface area contributed by atoms with E-state index in [2.05, 4.69) is 4.98 Å². The molecule has 1 aromatic carbocycles. The SMILES string of the molecule is COc1ccc(C(=O)N2c3ccccc3C(C(=O)O)C[C@@H]2C)cn1. The van der Waals surface area contributed by atoms with E-state index in [0.717, 1.165) is 0 Å². The van der Waals surface area contributed by atoms with Crippen LogP contribution in [0.15, 0.2) is 42.6 Å². The van der Waals surface area contributed by atoms with Gasteiger partial charge in [-0.15, -0.1) is 0 Å². The quantitative estimate of drug-likeness (QED) is 0.938. The molecule has 0 radical (unpaired) electrons. The molecule has 1 N–H and O–H groups in total. The number of methoxy groups -OCH3 is 1. The summed E-state index contributed by atoms with van der Waals surface area (Å²) in [6.45, 7) is 1.86. The number of aliphatic carboxylic acids is 1. The number of para-hydroxylation sites is 1. The second-order valence-electron chi connectivity index (χ2n) is 5.80. The van der Waals surface area contributed by atoms with Gasteiger partial charge in [0.1, 0.15) is 0 Å². The monoisotopic (exact) mass is 326 g/mol. The molecule has 24 heavy (non-hydrogen) atoms. The molecule has 1 unspecified atom stereocenters. The average molecular weight is 326 g/mol. The highest BCUT2D eigenvalue weighted by molar-refractivity contribution is 6.07. The molecule has 0 aliphatic carbocycles. The number of pyridine rings is 1. The normalized spacial score (nSPS) is 19.5. The third-order valence-electron chi connectivity index (χ3n) is 4.30. The van der Waals surface area contributed by atoms with Gasteiger partial charge in [-0.1, -0.05) is 18.2 Å². The number of rotatable bonds is 3. The Morgan fingerprint density at radius 2 is 2.00 bits per heavy atom. The van der Waals surface area contributed by atoms with Gasteiger partial charge in [0, 0.05) is 24.0 Å². The van der Waals surface area contributed by atoms with Crippen LogP contribution in [0, 0.1) is 0 Å². The molecule has 2 aromatic rings. The number of anilines is 1. The summed E-state index contributed by atoms with van der Waals surface area (Å²) in [7, 11) is 1.51. The largest absolute Gasteiger partial charge is 0.481 e. The van der Waals surface area contributed by atoms with E-state index >= 15 is 0 Å². The lowest BCUT2D eigenvalue weighted by atomic mass is 9.86. The molecule has 124 valence electrons. The number of nitrogens with zero attached hydrogens (tertiary/aromatic N) is 2. The highest BCUT2D eigenvalue weighted by atomic mass is 16.5. The highest BCUT2D eigenvalue weighted by Gasteiger charge is 2.37. The van der Waals surface area contributed by atoms with Crippen LogP contribution in [0.1, 0.15) is 35.2 Å². The van der Waals surface area contributed by atoms with Crippen molar-refractivity contribution in [3.05, 3.63) is 53.7 Å². The lowest BCUT2D eigenvalue weighted by Crippen LogP contribution is -2.44. The molecule has 6 nitrogen and oxygen atoms in total. The topological polar surface area (TPSA) is 79.7 Å². The first-order chi connectivity index (χ1) is 11.5. The van der Waals surface area contributed by atoms with Crippen molar-refractivity contribution in [2.45, 2.75) is 25.3 Å². The Kier molecular flexibility index (Phi) is 4.20. The Bertz CT molecular complexity index is 773. The van der Waals surface area contributed by atoms with E-state index in [4.69, 9.17) is 4.74 Å². The molecule has 0 spiro atoms. The van der Waals surface area contributed by atoms with E-state index in [9.17, 15) is 14.7 Å². The van der Waals surface area contributed by atoms with Crippen LogP contribution in [-0.4, -0.2) is 35.1 Å². The Hall–Kier alpha value is -2.89. The molecule has 0 bridgehead atoms. The van der Waals surface area contributed by atoms with Gasteiger partial charge in [-0.2, -0.15) is 0 Å². The van der Waals surface area contributed by atoms with E-state index in [1.165, 1.54) is 13.3 Å². The zero-order chi connectivity index (χ0) is 17.3. The molecule has 0 fully saturated rings. The number of hydrogen-bond acceptors (Lipinski definition) is 4. The van der Waals surface area contributed by atoms with Crippen LogP contribution < -0.4 is 9.64 Å². The van der Waals surface area contributed by atoms with E-state index in [0.29, 0.717) is 29.1 Å². The van der Waals surface area contributed by atoms with Gasteiger partial charge in [0.2, 0.25) is 5.88 Å². The lowest BCUT2D eigenvalue weighted by molar-refractivity contribution is -0.139. The van der Waals surface area contributed by atoms with Crippen molar-refractivity contribution in [1.29, 1.82) is 0 Å². The summed E-state index contributed by atoms with van der Waals surface area (Å²) in [6, 6.07) is 10.2. The van der Waals surface area contributed by atoms with E-state index in [-0.39, 0.29) is 11.9 Å². The minimum Gasteiger partial charge on any atom is -0.481 e. The molecular formula is C18H18N2O4. The molecule has 1 aromatic heterocycles. The minimum absolute atomic E-state index is 0.200. The molecule has 1 amide bonds. The number of benzene rings is 1. The number of hydrogen-bond donors (Lipinski definition) is 1. The maximum Gasteiger partial charge on any atom is 0.311 e. The van der Waals surface area contributed by atoms with E-state index in [1.54, 1.807) is 35.2 Å². The second-order valence-corrected chi connectivity index (χ2v) is 5.80. The minimum atomic E-state index is -0.868. The van der Waals surface area contributed by atoms with E-state index < -0.39 is 11.9 Å². The summed E-state index contributed by atoms with van der Waals surface area (Å²) in [4.78, 5) is 30.2. The van der Waals surface area contributed by atoms with Gasteiger partial charge >= 0.3 is 5.97 Å². The van der Waals surface area contributed by atoms with Crippen LogP contribution >= 0.6 is 0 Å². The molecule has 2 atom stereocenters. The summed E-state index contributed by atoms with van der Waals surface area (Å²) in [5.41, 5.74) is 1.74. The molecule has 3 rings (SSSR count). The fourth-order valence-corrected chi connectivity index (χ4v) is 3.12. The van der Waals surface area contributed by atoms with Crippen LogP contribution in [0.2, 0.25) is 0 Å². The Labute approximate surface area is 139 Å². The van der Waals surface area contributed by atoms with Gasteiger partial charge in [0.15, 0.2) is 0 Å². The van der Waals surface area contributed by atoms with Crippen molar-refractivity contribution in [2.24, 2.45) is 0 Å². The Morgan fingerprint density at radius 3 is 2.62 bits per heavy atom. The van der Waals surface area contributed by atoms with Crippen molar-refractivity contribution >= 4 is 17.6 Å². The second kappa shape index (κ2) is 6.31. The number of fused-ring (bicyclic) bond motifs is 1. The van der Waals surface area contributed by atoms with Crippen LogP contribution in [0.5, 0.6) is 5.88 Å². The number of carboxylic acids is 1. The van der Waals surface area contributed by atoms with Crippen LogP contribution in [0.3, 0.4) is 0 Å². The first-order valence-corrected chi connectivity index (χ1v) is 7.68. The van der Waals surface area contributed by atoms with E-state index in [1.807, 2.05) is 13.0 Å². The standard InChI is InChI=1S/C18H18N2O4/c1-11-9-14(18(22)23)13-5-3-4-6-15(13)20(11)17(21)12-7-8-16(24-2)19-10-12/h3-8,10-11,14H,9H2,1-2H3,(H,22,23)/t11-,14?/m0/s1. The summed E-state index contributed by atoms with van der Waals surface area (Å²) < 4.78 is 5.01. The number of carbonyl (C=O) groups is 2. The summed E-state index contributed by atoms with van der Waals surface area (Å²) in [5, 5.41) is 9.48. The first-order valence-electron chi connectivity index (χ1n) is 7.68. The fourth-order valence-electron chi connectivity index (χ4n) is 3.12. The van der Waals surface area contributed by atoms with Crippen molar-refractivity contribution in [3.63, 3.8) is 0 Å². The van der Waals surface area contributed by atoms with Crippen molar-refractivity contribution < 1.29 is 19.4 Å². The third kappa shape index (κ3) is 2.71. The van der Waals surface area contributed by atoms with Gasteiger partial charge < -0.3 is 14.7 Å². The number of carboxylic acid groups (broad SMARTS) is 1. The van der Waals surface area contributed by atoms with Gasteiger partial charge in [-0.05, 0) is 31.0 Å². The predicted octanol–water partition coefficient (Wildman–Crippen LogP) is 2.70. The molecule has 0 saturated carbocycles. The smallest absolute Gasteiger partial charge is 0.311 e. The molecule has 6 heteroatoms. The van der Waals surface area contributed by atoms with Gasteiger partial charge in [-0.3, -0.25) is 9.59 Å². The van der Waals surface area contributed by atoms with Gasteiger partial charge in [0.05, 0.1) is 18.6 Å². The maximum absolute atomic E-state index is 12.9. The average Bonchev–Trinajstić information content (AvgIpc) is 2.60.